The molecular weight excluding hydrogens is 264 g/mol. The monoisotopic (exact) mass is 285 g/mol. The van der Waals surface area contributed by atoms with E-state index in [-0.39, 0.29) is 0 Å². The Labute approximate surface area is 86.9 Å². The molecule has 0 saturated heterocycles. The number of nitrogens with zero attached hydrogens (tertiary/aromatic N) is 1. The SMILES string of the molecule is CCN(CC)B1C=[CH][Sn]([CH3])([CH3])[CH]=C1. The molecule has 1 aliphatic heterocycles. The Morgan fingerprint density at radius 3 is 1.92 bits per heavy atom. The molecule has 0 spiro atoms. The zero-order chi connectivity index (χ0) is 9.90. The van der Waals surface area contributed by atoms with E-state index in [1.165, 1.54) is 0 Å². The Kier molecular flexibility index (Phi) is 4.11. The van der Waals surface area contributed by atoms with Crippen LogP contribution in [-0.2, 0) is 0 Å². The van der Waals surface area contributed by atoms with E-state index in [0.717, 1.165) is 13.1 Å². The molecule has 0 radical (unpaired) electrons. The Hall–Kier alpha value is 0.304. The third-order valence-corrected chi connectivity index (χ3v) is 8.68. The quantitative estimate of drug-likeness (QED) is 0.719. The molecule has 0 aromatic heterocycles. The molecule has 1 rings (SSSR count). The van der Waals surface area contributed by atoms with Crippen molar-refractivity contribution < 1.29 is 0 Å². The van der Waals surface area contributed by atoms with Crippen LogP contribution in [0.3, 0.4) is 0 Å². The van der Waals surface area contributed by atoms with Crippen molar-refractivity contribution in [3.63, 3.8) is 0 Å². The molecule has 1 heterocycles. The molecule has 0 saturated carbocycles. The molecule has 13 heavy (non-hydrogen) atoms. The number of hydrogen-bond acceptors (Lipinski definition) is 1. The number of hydrogen-bond donors (Lipinski definition) is 0. The summed E-state index contributed by atoms with van der Waals surface area (Å²) in [5, 5.41) is 0. The molecule has 0 amide bonds. The fourth-order valence-electron chi connectivity index (χ4n) is 1.70. The van der Waals surface area contributed by atoms with Crippen molar-refractivity contribution in [3.05, 3.63) is 20.1 Å². The van der Waals surface area contributed by atoms with E-state index in [1.807, 2.05) is 0 Å². The Balaban J connectivity index is 2.62. The summed E-state index contributed by atoms with van der Waals surface area (Å²) in [6.45, 7) is 7.32. The van der Waals surface area contributed by atoms with E-state index in [2.05, 4.69) is 48.7 Å². The first-order valence-electron chi connectivity index (χ1n) is 5.22. The van der Waals surface area contributed by atoms with Crippen molar-refractivity contribution in [1.29, 1.82) is 0 Å². The first-order chi connectivity index (χ1) is 6.09. The fraction of sp³-hybridized carbons (Fsp3) is 0.600. The van der Waals surface area contributed by atoms with Crippen LogP contribution in [0.4, 0.5) is 0 Å². The summed E-state index contributed by atoms with van der Waals surface area (Å²) in [4.78, 5) is 7.37. The van der Waals surface area contributed by atoms with E-state index >= 15 is 0 Å². The predicted octanol–water partition coefficient (Wildman–Crippen LogP) is 2.31. The molecule has 0 N–H and O–H groups in total. The minimum atomic E-state index is -1.78. The Bertz CT molecular complexity index is 203. The van der Waals surface area contributed by atoms with Crippen LogP contribution >= 0.6 is 0 Å². The van der Waals surface area contributed by atoms with Crippen LogP contribution < -0.4 is 0 Å². The molecule has 0 aliphatic carbocycles. The summed E-state index contributed by atoms with van der Waals surface area (Å²) in [5.74, 6) is 4.81. The van der Waals surface area contributed by atoms with E-state index in [0.29, 0.717) is 6.85 Å². The molecule has 3 heteroatoms. The van der Waals surface area contributed by atoms with Gasteiger partial charge < -0.3 is 0 Å². The zero-order valence-corrected chi connectivity index (χ0v) is 12.1. The molecule has 0 aromatic carbocycles. The molecule has 0 atom stereocenters. The van der Waals surface area contributed by atoms with Gasteiger partial charge in [-0.1, -0.05) is 0 Å². The van der Waals surface area contributed by atoms with Crippen molar-refractivity contribution in [3.8, 4) is 0 Å². The second-order valence-corrected chi connectivity index (χ2v) is 16.6. The van der Waals surface area contributed by atoms with Crippen LogP contribution in [0, 0.1) is 0 Å². The van der Waals surface area contributed by atoms with Crippen LogP contribution in [0.5, 0.6) is 0 Å². The second kappa shape index (κ2) is 4.69. The Morgan fingerprint density at radius 2 is 1.54 bits per heavy atom. The summed E-state index contributed by atoms with van der Waals surface area (Å²) < 4.78 is 5.02. The second-order valence-electron chi connectivity index (χ2n) is 4.25. The molecular formula is C10H20BNSn. The van der Waals surface area contributed by atoms with Gasteiger partial charge in [-0.3, -0.25) is 0 Å². The molecule has 0 bridgehead atoms. The zero-order valence-electron chi connectivity index (χ0n) is 9.25. The van der Waals surface area contributed by atoms with Gasteiger partial charge >= 0.3 is 87.0 Å². The maximum atomic E-state index is 2.51. The van der Waals surface area contributed by atoms with Gasteiger partial charge in [0.1, 0.15) is 0 Å². The first-order valence-corrected chi connectivity index (χ1v) is 14.2. The topological polar surface area (TPSA) is 3.24 Å². The van der Waals surface area contributed by atoms with Gasteiger partial charge in [-0.05, 0) is 0 Å². The van der Waals surface area contributed by atoms with Crippen LogP contribution in [0.1, 0.15) is 13.8 Å². The normalized spacial score (nSPS) is 19.9. The van der Waals surface area contributed by atoms with Gasteiger partial charge in [0.05, 0.1) is 0 Å². The van der Waals surface area contributed by atoms with E-state index in [4.69, 9.17) is 0 Å². The molecule has 72 valence electrons. The fourth-order valence-corrected chi connectivity index (χ4v) is 5.98. The molecule has 0 fully saturated rings. The molecule has 0 unspecified atom stereocenters. The third-order valence-electron chi connectivity index (χ3n) is 2.68. The van der Waals surface area contributed by atoms with Gasteiger partial charge in [0.15, 0.2) is 0 Å². The van der Waals surface area contributed by atoms with E-state index in [1.54, 1.807) is 0 Å². The molecule has 0 aromatic rings. The summed E-state index contributed by atoms with van der Waals surface area (Å²) in [6, 6.07) is 0. The van der Waals surface area contributed by atoms with Gasteiger partial charge in [0.2, 0.25) is 0 Å². The van der Waals surface area contributed by atoms with Crippen LogP contribution in [-0.4, -0.2) is 43.1 Å². The Morgan fingerprint density at radius 1 is 1.08 bits per heavy atom. The maximum absolute atomic E-state index is 2.51. The van der Waals surface area contributed by atoms with Crippen LogP contribution in [0.25, 0.3) is 0 Å². The van der Waals surface area contributed by atoms with E-state index < -0.39 is 18.4 Å². The first kappa shape index (κ1) is 11.4. The van der Waals surface area contributed by atoms with Gasteiger partial charge in [-0.15, -0.1) is 0 Å². The minimum absolute atomic E-state index is 0.569. The van der Waals surface area contributed by atoms with Crippen molar-refractivity contribution in [1.82, 2.24) is 4.81 Å². The van der Waals surface area contributed by atoms with Crippen LogP contribution in [0.2, 0.25) is 9.88 Å². The van der Waals surface area contributed by atoms with Gasteiger partial charge in [0, 0.05) is 0 Å². The van der Waals surface area contributed by atoms with Crippen molar-refractivity contribution in [2.45, 2.75) is 23.7 Å². The average molecular weight is 284 g/mol. The van der Waals surface area contributed by atoms with Gasteiger partial charge in [-0.25, -0.2) is 0 Å². The predicted molar refractivity (Wildman–Crippen MR) is 64.4 cm³/mol. The summed E-state index contributed by atoms with van der Waals surface area (Å²) in [5.41, 5.74) is 0. The van der Waals surface area contributed by atoms with Gasteiger partial charge in [0.25, 0.3) is 0 Å². The van der Waals surface area contributed by atoms with Crippen molar-refractivity contribution in [2.75, 3.05) is 13.1 Å². The average Bonchev–Trinajstić information content (AvgIpc) is 2.09. The third kappa shape index (κ3) is 3.17. The van der Waals surface area contributed by atoms with Crippen molar-refractivity contribution in [2.24, 2.45) is 0 Å². The molecule has 1 nitrogen and oxygen atoms in total. The number of rotatable bonds is 3. The molecule has 1 aliphatic rings. The summed E-state index contributed by atoms with van der Waals surface area (Å²) >= 11 is -1.78. The standard InChI is InChI=1S/C8H14BN.2CH3.Sn/c1-5-9(6-2)10(7-3)8-4;;;/h1-2,5-6H,7-8H2,3-4H3;2*1H3;. The summed E-state index contributed by atoms with van der Waals surface area (Å²) in [7, 11) is 0. The van der Waals surface area contributed by atoms with Crippen molar-refractivity contribution >= 4 is 25.2 Å². The summed E-state index contributed by atoms with van der Waals surface area (Å²) in [6.07, 6.45) is 0. The van der Waals surface area contributed by atoms with Gasteiger partial charge in [-0.2, -0.15) is 0 Å². The van der Waals surface area contributed by atoms with E-state index in [9.17, 15) is 0 Å². The van der Waals surface area contributed by atoms with Crippen LogP contribution in [0.15, 0.2) is 20.1 Å².